The summed E-state index contributed by atoms with van der Waals surface area (Å²) in [6.07, 6.45) is 0. The average molecular weight is 149 g/mol. The molecular formula is C5H11NO2S. The van der Waals surface area contributed by atoms with Crippen LogP contribution in [-0.4, -0.2) is 22.9 Å². The molecule has 0 spiro atoms. The molecule has 3 N–H and O–H groups in total. The molecule has 0 aromatic rings. The van der Waals surface area contributed by atoms with Crippen molar-refractivity contribution in [3.63, 3.8) is 0 Å². The van der Waals surface area contributed by atoms with Crippen LogP contribution in [0.3, 0.4) is 0 Å². The van der Waals surface area contributed by atoms with Gasteiger partial charge in [0.05, 0.1) is 0 Å². The third-order valence-electron chi connectivity index (χ3n) is 1.19. The number of rotatable bonds is 3. The van der Waals surface area contributed by atoms with Gasteiger partial charge in [-0.25, -0.2) is 0 Å². The van der Waals surface area contributed by atoms with Crippen LogP contribution in [0.4, 0.5) is 0 Å². The van der Waals surface area contributed by atoms with Gasteiger partial charge in [0.1, 0.15) is 6.04 Å². The van der Waals surface area contributed by atoms with Crippen molar-refractivity contribution in [2.24, 2.45) is 11.7 Å². The SMILES string of the molecule is CC(CS)C(N)C(=O)O. The molecule has 9 heavy (non-hydrogen) atoms. The Hall–Kier alpha value is -0.220. The highest BCUT2D eigenvalue weighted by Crippen LogP contribution is 2.01. The zero-order valence-electron chi connectivity index (χ0n) is 5.24. The Kier molecular flexibility index (Phi) is 3.65. The minimum Gasteiger partial charge on any atom is -0.480 e. The molecule has 0 fully saturated rings. The predicted octanol–water partition coefficient (Wildman–Crippen LogP) is -0.0358. The van der Waals surface area contributed by atoms with Crippen LogP contribution >= 0.6 is 12.6 Å². The largest absolute Gasteiger partial charge is 0.480 e. The van der Waals surface area contributed by atoms with E-state index in [1.54, 1.807) is 6.92 Å². The van der Waals surface area contributed by atoms with E-state index >= 15 is 0 Å². The molecule has 0 heterocycles. The summed E-state index contributed by atoms with van der Waals surface area (Å²) in [5.41, 5.74) is 5.22. The summed E-state index contributed by atoms with van der Waals surface area (Å²) in [5.74, 6) is -0.518. The van der Waals surface area contributed by atoms with Gasteiger partial charge in [0.25, 0.3) is 0 Å². The fourth-order valence-corrected chi connectivity index (χ4v) is 0.584. The van der Waals surface area contributed by atoms with Gasteiger partial charge in [-0.15, -0.1) is 0 Å². The van der Waals surface area contributed by atoms with E-state index in [0.29, 0.717) is 5.75 Å². The zero-order valence-corrected chi connectivity index (χ0v) is 6.14. The normalized spacial score (nSPS) is 16.8. The Balaban J connectivity index is 3.72. The number of carboxylic acid groups (broad SMARTS) is 1. The molecule has 0 saturated carbocycles. The quantitative estimate of drug-likeness (QED) is 0.493. The van der Waals surface area contributed by atoms with Crippen molar-refractivity contribution >= 4 is 18.6 Å². The minimum absolute atomic E-state index is 0.0640. The van der Waals surface area contributed by atoms with Crippen LogP contribution < -0.4 is 5.73 Å². The standard InChI is InChI=1S/C5H11NO2S/c1-3(2-9)4(6)5(7)8/h3-4,9H,2,6H2,1H3,(H,7,8). The number of nitrogens with two attached hydrogens (primary N) is 1. The van der Waals surface area contributed by atoms with Gasteiger partial charge in [-0.3, -0.25) is 4.79 Å². The molecule has 0 bridgehead atoms. The third kappa shape index (κ3) is 2.72. The molecule has 0 amide bonds. The maximum absolute atomic E-state index is 10.1. The van der Waals surface area contributed by atoms with Gasteiger partial charge in [-0.2, -0.15) is 12.6 Å². The molecule has 0 aromatic carbocycles. The molecular weight excluding hydrogens is 138 g/mol. The number of thiol groups is 1. The van der Waals surface area contributed by atoms with Crippen LogP contribution in [0.15, 0.2) is 0 Å². The summed E-state index contributed by atoms with van der Waals surface area (Å²) in [6, 6.07) is -0.775. The highest BCUT2D eigenvalue weighted by molar-refractivity contribution is 7.80. The van der Waals surface area contributed by atoms with E-state index < -0.39 is 12.0 Å². The van der Waals surface area contributed by atoms with E-state index in [9.17, 15) is 4.79 Å². The molecule has 0 aliphatic rings. The van der Waals surface area contributed by atoms with E-state index in [-0.39, 0.29) is 5.92 Å². The van der Waals surface area contributed by atoms with Crippen LogP contribution in [0.25, 0.3) is 0 Å². The van der Waals surface area contributed by atoms with Crippen molar-refractivity contribution in [2.75, 3.05) is 5.75 Å². The summed E-state index contributed by atoms with van der Waals surface area (Å²) in [6.45, 7) is 1.76. The molecule has 3 nitrogen and oxygen atoms in total. The summed E-state index contributed by atoms with van der Waals surface area (Å²) >= 11 is 3.91. The van der Waals surface area contributed by atoms with Gasteiger partial charge in [0.15, 0.2) is 0 Å². The fraction of sp³-hybridized carbons (Fsp3) is 0.800. The van der Waals surface area contributed by atoms with E-state index in [4.69, 9.17) is 10.8 Å². The first-order valence-corrected chi connectivity index (χ1v) is 3.32. The van der Waals surface area contributed by atoms with Crippen LogP contribution in [0, 0.1) is 5.92 Å². The topological polar surface area (TPSA) is 63.3 Å². The molecule has 0 rings (SSSR count). The second kappa shape index (κ2) is 3.74. The summed E-state index contributed by atoms with van der Waals surface area (Å²) in [5, 5.41) is 8.32. The fourth-order valence-electron chi connectivity index (χ4n) is 0.357. The lowest BCUT2D eigenvalue weighted by molar-refractivity contribution is -0.139. The number of aliphatic carboxylic acids is 1. The Morgan fingerprint density at radius 1 is 1.89 bits per heavy atom. The molecule has 0 aliphatic heterocycles. The Morgan fingerprint density at radius 2 is 2.33 bits per heavy atom. The Morgan fingerprint density at radius 3 is 2.44 bits per heavy atom. The number of carbonyl (C=O) groups is 1. The van der Waals surface area contributed by atoms with Crippen molar-refractivity contribution < 1.29 is 9.90 Å². The first kappa shape index (κ1) is 8.78. The highest BCUT2D eigenvalue weighted by atomic mass is 32.1. The van der Waals surface area contributed by atoms with Crippen molar-refractivity contribution in [3.8, 4) is 0 Å². The van der Waals surface area contributed by atoms with Gasteiger partial charge in [-0.05, 0) is 11.7 Å². The lowest BCUT2D eigenvalue weighted by atomic mass is 10.1. The van der Waals surface area contributed by atoms with Crippen LogP contribution in [0.2, 0.25) is 0 Å². The Labute approximate surface area is 59.6 Å². The number of carboxylic acids is 1. The van der Waals surface area contributed by atoms with E-state index in [2.05, 4.69) is 12.6 Å². The van der Waals surface area contributed by atoms with E-state index in [0.717, 1.165) is 0 Å². The second-order valence-corrected chi connectivity index (χ2v) is 2.39. The maximum Gasteiger partial charge on any atom is 0.320 e. The van der Waals surface area contributed by atoms with Gasteiger partial charge in [-0.1, -0.05) is 6.92 Å². The first-order valence-electron chi connectivity index (χ1n) is 2.68. The molecule has 0 aromatic heterocycles. The smallest absolute Gasteiger partial charge is 0.320 e. The van der Waals surface area contributed by atoms with E-state index in [1.807, 2.05) is 0 Å². The average Bonchev–Trinajstić information content (AvgIpc) is 1.84. The Bertz CT molecular complexity index is 107. The molecule has 4 heteroatoms. The molecule has 2 atom stereocenters. The molecule has 0 aliphatic carbocycles. The van der Waals surface area contributed by atoms with Crippen molar-refractivity contribution in [1.82, 2.24) is 0 Å². The summed E-state index contributed by atoms with van der Waals surface area (Å²) < 4.78 is 0. The van der Waals surface area contributed by atoms with Gasteiger partial charge >= 0.3 is 5.97 Å². The molecule has 0 saturated heterocycles. The zero-order chi connectivity index (χ0) is 7.44. The molecule has 54 valence electrons. The monoisotopic (exact) mass is 149 g/mol. The third-order valence-corrected chi connectivity index (χ3v) is 1.76. The van der Waals surface area contributed by atoms with Crippen LogP contribution in [0.1, 0.15) is 6.92 Å². The number of hydrogen-bond acceptors (Lipinski definition) is 3. The lowest BCUT2D eigenvalue weighted by Gasteiger charge is -2.11. The summed E-state index contributed by atoms with van der Waals surface area (Å²) in [7, 11) is 0. The van der Waals surface area contributed by atoms with Crippen molar-refractivity contribution in [3.05, 3.63) is 0 Å². The highest BCUT2D eigenvalue weighted by Gasteiger charge is 2.17. The minimum atomic E-state index is -0.962. The summed E-state index contributed by atoms with van der Waals surface area (Å²) in [4.78, 5) is 10.1. The maximum atomic E-state index is 10.1. The van der Waals surface area contributed by atoms with Gasteiger partial charge < -0.3 is 10.8 Å². The first-order chi connectivity index (χ1) is 4.09. The lowest BCUT2D eigenvalue weighted by Crippen LogP contribution is -2.37. The van der Waals surface area contributed by atoms with Gasteiger partial charge in [0.2, 0.25) is 0 Å². The second-order valence-electron chi connectivity index (χ2n) is 2.02. The van der Waals surface area contributed by atoms with Crippen molar-refractivity contribution in [2.45, 2.75) is 13.0 Å². The number of hydrogen-bond donors (Lipinski definition) is 3. The van der Waals surface area contributed by atoms with E-state index in [1.165, 1.54) is 0 Å². The molecule has 2 unspecified atom stereocenters. The predicted molar refractivity (Wildman–Crippen MR) is 38.6 cm³/mol. The van der Waals surface area contributed by atoms with Crippen LogP contribution in [-0.2, 0) is 4.79 Å². The molecule has 0 radical (unpaired) electrons. The van der Waals surface area contributed by atoms with Crippen molar-refractivity contribution in [1.29, 1.82) is 0 Å². The van der Waals surface area contributed by atoms with Crippen LogP contribution in [0.5, 0.6) is 0 Å². The van der Waals surface area contributed by atoms with Gasteiger partial charge in [0, 0.05) is 0 Å².